The maximum Gasteiger partial charge on any atom is 0.419 e. The van der Waals surface area contributed by atoms with Crippen LogP contribution in [0.5, 0.6) is 0 Å². The van der Waals surface area contributed by atoms with E-state index in [4.69, 9.17) is 4.42 Å². The van der Waals surface area contributed by atoms with Gasteiger partial charge in [0.15, 0.2) is 5.58 Å². The molecule has 0 fully saturated rings. The SMILES string of the molecule is CCn1c(=O)oc2cc(C(Br)C(F)(F)F)ccc21. The Kier molecular flexibility index (Phi) is 3.27. The van der Waals surface area contributed by atoms with Crippen molar-refractivity contribution in [2.75, 3.05) is 0 Å². The molecule has 2 aromatic rings. The number of benzene rings is 1. The molecule has 1 aromatic heterocycles. The van der Waals surface area contributed by atoms with Gasteiger partial charge in [-0.3, -0.25) is 4.57 Å². The van der Waals surface area contributed by atoms with Gasteiger partial charge in [-0.25, -0.2) is 4.79 Å². The summed E-state index contributed by atoms with van der Waals surface area (Å²) in [6.45, 7) is 2.16. The molecule has 0 aliphatic carbocycles. The highest BCUT2D eigenvalue weighted by atomic mass is 79.9. The Balaban J connectivity index is 2.56. The summed E-state index contributed by atoms with van der Waals surface area (Å²) in [6, 6.07) is 4.02. The lowest BCUT2D eigenvalue weighted by Crippen LogP contribution is -2.15. The number of hydrogen-bond donors (Lipinski definition) is 0. The Hall–Kier alpha value is -1.24. The van der Waals surface area contributed by atoms with Gasteiger partial charge in [-0.15, -0.1) is 0 Å². The molecule has 1 aromatic carbocycles. The summed E-state index contributed by atoms with van der Waals surface area (Å²) < 4.78 is 43.9. The van der Waals surface area contributed by atoms with Crippen LogP contribution in [-0.4, -0.2) is 10.7 Å². The molecule has 0 amide bonds. The van der Waals surface area contributed by atoms with Crippen molar-refractivity contribution in [1.29, 1.82) is 0 Å². The fourth-order valence-corrected chi connectivity index (χ4v) is 2.01. The van der Waals surface area contributed by atoms with E-state index in [1.165, 1.54) is 22.8 Å². The number of fused-ring (bicyclic) bond motifs is 1. The van der Waals surface area contributed by atoms with E-state index in [1.807, 2.05) is 0 Å². The molecular formula is C11H9BrF3NO2. The maximum atomic E-state index is 12.5. The number of rotatable bonds is 2. The van der Waals surface area contributed by atoms with Crippen LogP contribution in [-0.2, 0) is 6.54 Å². The van der Waals surface area contributed by atoms with Crippen LogP contribution in [0.4, 0.5) is 13.2 Å². The van der Waals surface area contributed by atoms with Crippen LogP contribution in [0.1, 0.15) is 17.3 Å². The second-order valence-electron chi connectivity index (χ2n) is 3.74. The summed E-state index contributed by atoms with van der Waals surface area (Å²) in [7, 11) is 0. The van der Waals surface area contributed by atoms with E-state index >= 15 is 0 Å². The predicted octanol–water partition coefficient (Wildman–Crippen LogP) is 3.61. The molecule has 98 valence electrons. The first-order valence-corrected chi connectivity index (χ1v) is 6.10. The zero-order valence-corrected chi connectivity index (χ0v) is 10.9. The Bertz CT molecular complexity index is 629. The third-order valence-electron chi connectivity index (χ3n) is 2.59. The van der Waals surface area contributed by atoms with Gasteiger partial charge >= 0.3 is 11.9 Å². The Morgan fingerprint density at radius 2 is 2.11 bits per heavy atom. The molecule has 1 heterocycles. The van der Waals surface area contributed by atoms with E-state index < -0.39 is 16.8 Å². The van der Waals surface area contributed by atoms with Crippen molar-refractivity contribution in [3.05, 3.63) is 34.3 Å². The molecule has 1 unspecified atom stereocenters. The molecule has 2 rings (SSSR count). The number of oxazole rings is 1. The summed E-state index contributed by atoms with van der Waals surface area (Å²) in [5.74, 6) is -0.567. The molecular weight excluding hydrogens is 315 g/mol. The minimum Gasteiger partial charge on any atom is -0.408 e. The molecule has 0 bridgehead atoms. The zero-order chi connectivity index (χ0) is 13.5. The van der Waals surface area contributed by atoms with Crippen molar-refractivity contribution in [1.82, 2.24) is 4.57 Å². The second-order valence-corrected chi connectivity index (χ2v) is 4.66. The minimum absolute atomic E-state index is 0.00648. The van der Waals surface area contributed by atoms with Crippen LogP contribution in [0.25, 0.3) is 11.1 Å². The highest BCUT2D eigenvalue weighted by Gasteiger charge is 2.39. The number of aryl methyl sites for hydroxylation is 1. The monoisotopic (exact) mass is 323 g/mol. The largest absolute Gasteiger partial charge is 0.419 e. The normalized spacial score (nSPS) is 14.1. The topological polar surface area (TPSA) is 35.1 Å². The van der Waals surface area contributed by atoms with Crippen molar-refractivity contribution >= 4 is 27.0 Å². The van der Waals surface area contributed by atoms with E-state index in [0.29, 0.717) is 12.1 Å². The third kappa shape index (κ3) is 2.19. The van der Waals surface area contributed by atoms with E-state index in [-0.39, 0.29) is 11.1 Å². The lowest BCUT2D eigenvalue weighted by Gasteiger charge is -2.13. The van der Waals surface area contributed by atoms with E-state index in [0.717, 1.165) is 0 Å². The van der Waals surface area contributed by atoms with Crippen LogP contribution >= 0.6 is 15.9 Å². The first-order chi connectivity index (χ1) is 8.34. The van der Waals surface area contributed by atoms with E-state index in [9.17, 15) is 18.0 Å². The molecule has 18 heavy (non-hydrogen) atoms. The summed E-state index contributed by atoms with van der Waals surface area (Å²) in [5.41, 5.74) is 0.660. The molecule has 0 saturated carbocycles. The molecule has 0 N–H and O–H groups in total. The smallest absolute Gasteiger partial charge is 0.408 e. The third-order valence-corrected chi connectivity index (χ3v) is 3.64. The lowest BCUT2D eigenvalue weighted by atomic mass is 10.1. The van der Waals surface area contributed by atoms with Crippen molar-refractivity contribution in [3.63, 3.8) is 0 Å². The van der Waals surface area contributed by atoms with Crippen molar-refractivity contribution in [2.45, 2.75) is 24.5 Å². The molecule has 0 aliphatic heterocycles. The molecule has 0 aliphatic rings. The first-order valence-electron chi connectivity index (χ1n) is 5.18. The summed E-state index contributed by atoms with van der Waals surface area (Å²) in [5, 5.41) is 0. The summed E-state index contributed by atoms with van der Waals surface area (Å²) >= 11 is 2.58. The van der Waals surface area contributed by atoms with Crippen molar-refractivity contribution < 1.29 is 17.6 Å². The number of hydrogen-bond acceptors (Lipinski definition) is 2. The predicted molar refractivity (Wildman–Crippen MR) is 63.9 cm³/mol. The molecule has 0 spiro atoms. The highest BCUT2D eigenvalue weighted by molar-refractivity contribution is 9.09. The van der Waals surface area contributed by atoms with Crippen LogP contribution in [0.15, 0.2) is 27.4 Å². The first kappa shape index (κ1) is 13.2. The van der Waals surface area contributed by atoms with Gasteiger partial charge < -0.3 is 4.42 Å². The Labute approximate surface area is 108 Å². The van der Waals surface area contributed by atoms with Crippen molar-refractivity contribution in [3.8, 4) is 0 Å². The highest BCUT2D eigenvalue weighted by Crippen LogP contribution is 2.40. The maximum absolute atomic E-state index is 12.5. The number of nitrogens with zero attached hydrogens (tertiary/aromatic N) is 1. The van der Waals surface area contributed by atoms with Gasteiger partial charge in [-0.2, -0.15) is 13.2 Å². The summed E-state index contributed by atoms with van der Waals surface area (Å²) in [4.78, 5) is 9.64. The minimum atomic E-state index is -4.39. The van der Waals surface area contributed by atoms with Gasteiger partial charge in [-0.1, -0.05) is 22.0 Å². The van der Waals surface area contributed by atoms with Gasteiger partial charge in [0.25, 0.3) is 0 Å². The standard InChI is InChI=1S/C11H9BrF3NO2/c1-2-16-7-4-3-6(9(12)11(13,14)15)5-8(7)18-10(16)17/h3-5,9H,2H2,1H3. The Morgan fingerprint density at radius 1 is 1.44 bits per heavy atom. The average Bonchev–Trinajstić information content (AvgIpc) is 2.60. The fraction of sp³-hybridized carbons (Fsp3) is 0.364. The summed E-state index contributed by atoms with van der Waals surface area (Å²) in [6.07, 6.45) is -4.39. The fourth-order valence-electron chi connectivity index (χ4n) is 1.73. The molecule has 0 saturated heterocycles. The number of halogens is 4. The van der Waals surface area contributed by atoms with Crippen molar-refractivity contribution in [2.24, 2.45) is 0 Å². The Morgan fingerprint density at radius 3 is 2.67 bits per heavy atom. The molecule has 1 atom stereocenters. The van der Waals surface area contributed by atoms with E-state index in [2.05, 4.69) is 15.9 Å². The van der Waals surface area contributed by atoms with Crippen LogP contribution < -0.4 is 5.76 Å². The van der Waals surface area contributed by atoms with Gasteiger partial charge in [0, 0.05) is 6.54 Å². The van der Waals surface area contributed by atoms with Crippen LogP contribution in [0.3, 0.4) is 0 Å². The van der Waals surface area contributed by atoms with Gasteiger partial charge in [0.05, 0.1) is 5.52 Å². The average molecular weight is 324 g/mol. The number of aromatic nitrogens is 1. The molecule has 7 heteroatoms. The quantitative estimate of drug-likeness (QED) is 0.791. The van der Waals surface area contributed by atoms with Gasteiger partial charge in [0.1, 0.15) is 4.83 Å². The van der Waals surface area contributed by atoms with Crippen LogP contribution in [0.2, 0.25) is 0 Å². The van der Waals surface area contributed by atoms with Crippen LogP contribution in [0, 0.1) is 0 Å². The zero-order valence-electron chi connectivity index (χ0n) is 9.29. The lowest BCUT2D eigenvalue weighted by molar-refractivity contribution is -0.128. The van der Waals surface area contributed by atoms with E-state index in [1.54, 1.807) is 6.92 Å². The van der Waals surface area contributed by atoms with Gasteiger partial charge in [0.2, 0.25) is 0 Å². The molecule has 3 nitrogen and oxygen atoms in total. The molecule has 0 radical (unpaired) electrons. The second kappa shape index (κ2) is 4.46. The number of alkyl halides is 4. The van der Waals surface area contributed by atoms with Gasteiger partial charge in [-0.05, 0) is 24.6 Å².